The maximum atomic E-state index is 13.1. The molecule has 0 aliphatic heterocycles. The molecule has 0 bridgehead atoms. The summed E-state index contributed by atoms with van der Waals surface area (Å²) < 4.78 is 138. The summed E-state index contributed by atoms with van der Waals surface area (Å²) in [5.74, 6) is -4.42. The third-order valence-electron chi connectivity index (χ3n) is 14.8. The number of nitrogen functional groups attached to an aromatic ring is 4. The molecule has 484 valence electrons. The maximum Gasteiger partial charge on any atom is 0.453 e. The molecule has 0 unspecified atom stereocenters. The fourth-order valence-corrected chi connectivity index (χ4v) is 9.91. The Balaban J connectivity index is 0.000000326. The van der Waals surface area contributed by atoms with Crippen molar-refractivity contribution in [3.63, 3.8) is 0 Å². The van der Waals surface area contributed by atoms with Crippen molar-refractivity contribution in [2.24, 2.45) is 17.8 Å². The zero-order valence-corrected chi connectivity index (χ0v) is 49.4. The Labute approximate surface area is 508 Å². The van der Waals surface area contributed by atoms with E-state index in [4.69, 9.17) is 56.1 Å². The summed E-state index contributed by atoms with van der Waals surface area (Å²) in [4.78, 5) is 48.1. The van der Waals surface area contributed by atoms with Crippen LogP contribution in [0.4, 0.5) is 57.9 Å². The number of hydrogen-bond donors (Lipinski definition) is 4. The predicted octanol–water partition coefficient (Wildman–Crippen LogP) is 14.7. The Morgan fingerprint density at radius 2 is 0.841 bits per heavy atom. The first-order valence-electron chi connectivity index (χ1n) is 29.8. The zero-order chi connectivity index (χ0) is 64.0. The molecule has 2 fully saturated rings. The monoisotopic (exact) mass is 1250 g/mol. The number of benzene rings is 4. The number of unbranched alkanes of at least 4 members (excludes halogenated alkanes) is 5. The fourth-order valence-electron chi connectivity index (χ4n) is 9.91. The molecule has 0 spiro atoms. The van der Waals surface area contributed by atoms with Gasteiger partial charge in [-0.05, 0) is 166 Å². The molecule has 6 rings (SSSR count). The van der Waals surface area contributed by atoms with Crippen molar-refractivity contribution in [2.45, 2.75) is 146 Å². The molecule has 4 aromatic rings. The standard InChI is InChI=1S/C36H47F5N2O5.C29H35F3N2O6/c37-35(38,36(39,40)41)19-7-8-26-9-11-28(12-10-26)25-48-32-16-13-27(14-17-32)15-18-33(44)46-20-5-3-1-2-4-6-21-47-34(45)29-22-30(42)24-31(43)23-29;30-29(31,32)12-1-13-37-25-9-4-21(5-10-25)19-40-26-7-2-20(3-8-26)6-11-27(35)38-14-15-39-28(36)22-16-23(33)18-24(34)17-22/h13-18,22-24,26,28H,1-12,19-21,25,42-43H2;2-3,6-8,11,16-18,21,25H,1,4-5,9-10,12-15,19,33-34H2. The fraction of sp³-hybridized carbons (Fsp3) is 0.508. The molecule has 8 N–H and O–H groups in total. The highest BCUT2D eigenvalue weighted by atomic mass is 19.4. The molecule has 88 heavy (non-hydrogen) atoms. The number of alkyl halides is 8. The van der Waals surface area contributed by atoms with Gasteiger partial charge in [-0.1, -0.05) is 69.2 Å². The summed E-state index contributed by atoms with van der Waals surface area (Å²) >= 11 is 0. The lowest BCUT2D eigenvalue weighted by molar-refractivity contribution is -0.284. The van der Waals surface area contributed by atoms with Crippen LogP contribution in [0.1, 0.15) is 154 Å². The topological polar surface area (TPSA) is 237 Å². The second-order valence-corrected chi connectivity index (χ2v) is 22.1. The largest absolute Gasteiger partial charge is 0.493 e. The van der Waals surface area contributed by atoms with Gasteiger partial charge < -0.3 is 56.1 Å². The van der Waals surface area contributed by atoms with E-state index in [0.717, 1.165) is 101 Å². The quantitative estimate of drug-likeness (QED) is 0.00888. The molecular formula is C65H82F8N4O11. The molecule has 23 heteroatoms. The van der Waals surface area contributed by atoms with E-state index in [1.807, 2.05) is 48.5 Å². The van der Waals surface area contributed by atoms with Gasteiger partial charge in [-0.25, -0.2) is 19.2 Å². The molecule has 4 aromatic carbocycles. The Kier molecular flexibility index (Phi) is 29.7. The van der Waals surface area contributed by atoms with Crippen molar-refractivity contribution in [1.82, 2.24) is 0 Å². The summed E-state index contributed by atoms with van der Waals surface area (Å²) in [6.07, 6.45) is 6.73. The lowest BCUT2D eigenvalue weighted by atomic mass is 9.80. The highest BCUT2D eigenvalue weighted by molar-refractivity contribution is 5.92. The first-order valence-corrected chi connectivity index (χ1v) is 29.8. The minimum absolute atomic E-state index is 0.00166. The van der Waals surface area contributed by atoms with E-state index in [0.29, 0.717) is 84.5 Å². The Bertz CT molecular complexity index is 2780. The highest BCUT2D eigenvalue weighted by Crippen LogP contribution is 2.41. The second kappa shape index (κ2) is 36.7. The number of ether oxygens (including phenoxy) is 7. The normalized spacial score (nSPS) is 17.2. The molecule has 15 nitrogen and oxygen atoms in total. The van der Waals surface area contributed by atoms with Gasteiger partial charge in [0.15, 0.2) is 0 Å². The molecule has 2 aliphatic carbocycles. The average molecular weight is 1250 g/mol. The number of anilines is 4. The van der Waals surface area contributed by atoms with Crippen molar-refractivity contribution in [3.05, 3.63) is 119 Å². The van der Waals surface area contributed by atoms with E-state index >= 15 is 0 Å². The first-order chi connectivity index (χ1) is 41.9. The van der Waals surface area contributed by atoms with Crippen LogP contribution in [0.25, 0.3) is 12.2 Å². The Morgan fingerprint density at radius 1 is 0.443 bits per heavy atom. The molecule has 2 saturated carbocycles. The van der Waals surface area contributed by atoms with Crippen molar-refractivity contribution >= 4 is 58.8 Å². The van der Waals surface area contributed by atoms with Crippen LogP contribution in [-0.4, -0.2) is 94.5 Å². The third-order valence-corrected chi connectivity index (χ3v) is 14.8. The van der Waals surface area contributed by atoms with Crippen LogP contribution in [0.5, 0.6) is 11.5 Å². The van der Waals surface area contributed by atoms with E-state index in [2.05, 4.69) is 0 Å². The number of carbonyl (C=O) groups excluding carboxylic acids is 4. The number of nitrogens with two attached hydrogens (primary N) is 4. The molecule has 2 aliphatic rings. The first kappa shape index (κ1) is 71.2. The molecule has 0 saturated heterocycles. The van der Waals surface area contributed by atoms with E-state index < -0.39 is 55.0 Å². The lowest BCUT2D eigenvalue weighted by Crippen LogP contribution is -2.36. The molecule has 0 heterocycles. The number of halogens is 8. The highest BCUT2D eigenvalue weighted by Gasteiger charge is 2.56. The Hall–Kier alpha value is -7.56. The van der Waals surface area contributed by atoms with Crippen LogP contribution in [0.2, 0.25) is 0 Å². The van der Waals surface area contributed by atoms with Crippen LogP contribution < -0.4 is 32.4 Å². The van der Waals surface area contributed by atoms with E-state index in [1.54, 1.807) is 18.2 Å². The SMILES string of the molecule is Nc1cc(N)cc(C(=O)OCCCCCCCCOC(=O)C=Cc2ccc(OCC3CCC(CCCC(F)(F)C(F)(F)F)CC3)cc2)c1.Nc1cc(N)cc(C(=O)OCCOC(=O)C=Cc2ccc(OCC3CCC(OCCCC(F)(F)F)CC3)cc2)c1. The van der Waals surface area contributed by atoms with Crippen LogP contribution in [0.3, 0.4) is 0 Å². The van der Waals surface area contributed by atoms with Crippen LogP contribution in [0.15, 0.2) is 97.1 Å². The maximum absolute atomic E-state index is 13.1. The van der Waals surface area contributed by atoms with Crippen molar-refractivity contribution in [3.8, 4) is 11.5 Å². The summed E-state index contributed by atoms with van der Waals surface area (Å²) in [5, 5.41) is 0. The Morgan fingerprint density at radius 3 is 1.30 bits per heavy atom. The predicted molar refractivity (Wildman–Crippen MR) is 320 cm³/mol. The van der Waals surface area contributed by atoms with E-state index in [9.17, 15) is 54.3 Å². The van der Waals surface area contributed by atoms with Crippen LogP contribution >= 0.6 is 0 Å². The summed E-state index contributed by atoms with van der Waals surface area (Å²) in [7, 11) is 0. The summed E-state index contributed by atoms with van der Waals surface area (Å²) in [5.41, 5.74) is 26.4. The minimum atomic E-state index is -5.48. The second-order valence-electron chi connectivity index (χ2n) is 22.1. The van der Waals surface area contributed by atoms with Crippen LogP contribution in [0, 0.1) is 17.8 Å². The molecular weight excluding hydrogens is 1160 g/mol. The number of rotatable bonds is 32. The molecule has 0 amide bonds. The minimum Gasteiger partial charge on any atom is -0.493 e. The van der Waals surface area contributed by atoms with Gasteiger partial charge in [0.05, 0.1) is 43.7 Å². The number of hydrogen-bond acceptors (Lipinski definition) is 15. The van der Waals surface area contributed by atoms with Gasteiger partial charge in [0.1, 0.15) is 24.7 Å². The van der Waals surface area contributed by atoms with Crippen molar-refractivity contribution in [2.75, 3.05) is 69.2 Å². The average Bonchev–Trinajstić information content (AvgIpc) is 3.35. The van der Waals surface area contributed by atoms with Crippen LogP contribution in [-0.2, 0) is 33.3 Å². The van der Waals surface area contributed by atoms with Gasteiger partial charge in [0.2, 0.25) is 0 Å². The van der Waals surface area contributed by atoms with Gasteiger partial charge in [0, 0.05) is 54.4 Å². The van der Waals surface area contributed by atoms with Gasteiger partial charge in [-0.15, -0.1) is 0 Å². The molecule has 0 radical (unpaired) electrons. The zero-order valence-electron chi connectivity index (χ0n) is 49.4. The third kappa shape index (κ3) is 28.5. The van der Waals surface area contributed by atoms with Gasteiger partial charge in [-0.2, -0.15) is 35.1 Å². The van der Waals surface area contributed by atoms with Crippen molar-refractivity contribution < 1.29 is 87.5 Å². The number of esters is 4. The lowest BCUT2D eigenvalue weighted by Gasteiger charge is -2.29. The van der Waals surface area contributed by atoms with Gasteiger partial charge >= 0.3 is 42.2 Å². The van der Waals surface area contributed by atoms with Gasteiger partial charge in [-0.3, -0.25) is 0 Å². The summed E-state index contributed by atoms with van der Waals surface area (Å²) in [6, 6.07) is 23.6. The molecule has 0 atom stereocenters. The molecule has 0 aromatic heterocycles. The summed E-state index contributed by atoms with van der Waals surface area (Å²) in [6.45, 7) is 1.65. The smallest absolute Gasteiger partial charge is 0.453 e. The number of carbonyl (C=O) groups is 4. The van der Waals surface area contributed by atoms with Gasteiger partial charge in [0.25, 0.3) is 0 Å². The van der Waals surface area contributed by atoms with Crippen molar-refractivity contribution in [1.29, 1.82) is 0 Å². The van der Waals surface area contributed by atoms with E-state index in [-0.39, 0.29) is 50.2 Å². The van der Waals surface area contributed by atoms with E-state index in [1.165, 1.54) is 42.5 Å².